The molecule has 0 aliphatic heterocycles. The number of anilines is 1. The first-order valence-corrected chi connectivity index (χ1v) is 8.53. The molecule has 1 heterocycles. The van der Waals surface area contributed by atoms with Crippen LogP contribution in [0.5, 0.6) is 11.5 Å². The highest BCUT2D eigenvalue weighted by Gasteiger charge is 2.18. The normalized spacial score (nSPS) is 11.5. The van der Waals surface area contributed by atoms with Gasteiger partial charge in [0.2, 0.25) is 0 Å². The summed E-state index contributed by atoms with van der Waals surface area (Å²) in [7, 11) is -0.849. The molecule has 0 saturated carbocycles. The minimum absolute atomic E-state index is 0.0639. The number of hydrogen-bond acceptors (Lipinski definition) is 6. The Morgan fingerprint density at radius 3 is 2.50 bits per heavy atom. The SMILES string of the molecule is COc1ccc(S(=O)(=O)Nc2ccc3nc(C)oc3c2)cc1OC. The van der Waals surface area contributed by atoms with Crippen molar-refractivity contribution in [2.75, 3.05) is 18.9 Å². The van der Waals surface area contributed by atoms with E-state index in [2.05, 4.69) is 9.71 Å². The summed E-state index contributed by atoms with van der Waals surface area (Å²) in [5.41, 5.74) is 1.56. The van der Waals surface area contributed by atoms with E-state index < -0.39 is 10.0 Å². The lowest BCUT2D eigenvalue weighted by atomic mass is 10.3. The lowest BCUT2D eigenvalue weighted by Gasteiger charge is -2.11. The average Bonchev–Trinajstić information content (AvgIpc) is 2.93. The van der Waals surface area contributed by atoms with Crippen molar-refractivity contribution in [1.29, 1.82) is 0 Å². The zero-order chi connectivity index (χ0) is 17.3. The third-order valence-electron chi connectivity index (χ3n) is 3.41. The minimum atomic E-state index is -3.78. The molecule has 0 aliphatic carbocycles. The Balaban J connectivity index is 1.94. The van der Waals surface area contributed by atoms with Crippen molar-refractivity contribution in [3.8, 4) is 11.5 Å². The van der Waals surface area contributed by atoms with Crippen LogP contribution < -0.4 is 14.2 Å². The lowest BCUT2D eigenvalue weighted by molar-refractivity contribution is 0.354. The Morgan fingerprint density at radius 2 is 1.79 bits per heavy atom. The van der Waals surface area contributed by atoms with E-state index in [9.17, 15) is 8.42 Å². The number of benzene rings is 2. The molecule has 0 fully saturated rings. The van der Waals surface area contributed by atoms with E-state index in [-0.39, 0.29) is 4.90 Å². The first kappa shape index (κ1) is 16.1. The molecule has 1 aromatic heterocycles. The molecular weight excluding hydrogens is 332 g/mol. The number of methoxy groups -OCH3 is 2. The number of sulfonamides is 1. The fourth-order valence-corrected chi connectivity index (χ4v) is 3.37. The van der Waals surface area contributed by atoms with Gasteiger partial charge in [-0.2, -0.15) is 0 Å². The van der Waals surface area contributed by atoms with Crippen molar-refractivity contribution in [3.05, 3.63) is 42.3 Å². The van der Waals surface area contributed by atoms with Gasteiger partial charge in [0.1, 0.15) is 5.52 Å². The third-order valence-corrected chi connectivity index (χ3v) is 4.79. The summed E-state index contributed by atoms with van der Waals surface area (Å²) in [4.78, 5) is 4.24. The highest BCUT2D eigenvalue weighted by atomic mass is 32.2. The fourth-order valence-electron chi connectivity index (χ4n) is 2.30. The number of oxazole rings is 1. The molecule has 3 aromatic rings. The monoisotopic (exact) mass is 348 g/mol. The van der Waals surface area contributed by atoms with Gasteiger partial charge in [0.15, 0.2) is 23.0 Å². The maximum atomic E-state index is 12.6. The Bertz CT molecular complexity index is 995. The predicted molar refractivity (Wildman–Crippen MR) is 89.1 cm³/mol. The van der Waals surface area contributed by atoms with Gasteiger partial charge in [-0.3, -0.25) is 4.72 Å². The molecule has 8 heteroatoms. The second-order valence-corrected chi connectivity index (χ2v) is 6.72. The zero-order valence-corrected chi connectivity index (χ0v) is 14.2. The number of aromatic nitrogens is 1. The van der Waals surface area contributed by atoms with Crippen LogP contribution in [-0.2, 0) is 10.0 Å². The molecule has 0 unspecified atom stereocenters. The van der Waals surface area contributed by atoms with Gasteiger partial charge in [-0.05, 0) is 24.3 Å². The number of fused-ring (bicyclic) bond motifs is 1. The summed E-state index contributed by atoms with van der Waals surface area (Å²) < 4.78 is 43.3. The van der Waals surface area contributed by atoms with E-state index in [1.807, 2.05) is 0 Å². The highest BCUT2D eigenvalue weighted by molar-refractivity contribution is 7.92. The Morgan fingerprint density at radius 1 is 1.04 bits per heavy atom. The second-order valence-electron chi connectivity index (χ2n) is 5.04. The van der Waals surface area contributed by atoms with E-state index in [4.69, 9.17) is 13.9 Å². The zero-order valence-electron chi connectivity index (χ0n) is 13.4. The summed E-state index contributed by atoms with van der Waals surface area (Å²) in [6.07, 6.45) is 0. The Hall–Kier alpha value is -2.74. The smallest absolute Gasteiger partial charge is 0.262 e. The summed E-state index contributed by atoms with van der Waals surface area (Å²) >= 11 is 0. The molecule has 0 amide bonds. The average molecular weight is 348 g/mol. The number of nitrogens with zero attached hydrogens (tertiary/aromatic N) is 1. The fraction of sp³-hybridized carbons (Fsp3) is 0.188. The van der Waals surface area contributed by atoms with Gasteiger partial charge in [-0.15, -0.1) is 0 Å². The molecule has 0 atom stereocenters. The van der Waals surface area contributed by atoms with Crippen molar-refractivity contribution in [1.82, 2.24) is 4.98 Å². The molecule has 0 spiro atoms. The predicted octanol–water partition coefficient (Wildman–Crippen LogP) is 2.95. The van der Waals surface area contributed by atoms with Gasteiger partial charge in [0.25, 0.3) is 10.0 Å². The van der Waals surface area contributed by atoms with Gasteiger partial charge >= 0.3 is 0 Å². The molecule has 0 aliphatic rings. The molecule has 0 radical (unpaired) electrons. The summed E-state index contributed by atoms with van der Waals surface area (Å²) in [6, 6.07) is 9.30. The van der Waals surface area contributed by atoms with E-state index in [1.54, 1.807) is 25.1 Å². The van der Waals surface area contributed by atoms with E-state index in [0.29, 0.717) is 34.2 Å². The van der Waals surface area contributed by atoms with Gasteiger partial charge in [-0.25, -0.2) is 13.4 Å². The lowest BCUT2D eigenvalue weighted by Crippen LogP contribution is -2.13. The van der Waals surface area contributed by atoms with Crippen LogP contribution in [0.25, 0.3) is 11.1 Å². The largest absolute Gasteiger partial charge is 0.493 e. The van der Waals surface area contributed by atoms with E-state index in [0.717, 1.165) is 0 Å². The molecule has 3 rings (SSSR count). The van der Waals surface area contributed by atoms with Crippen LogP contribution >= 0.6 is 0 Å². The van der Waals surface area contributed by atoms with Crippen molar-refractivity contribution in [2.24, 2.45) is 0 Å². The van der Waals surface area contributed by atoms with Gasteiger partial charge in [0.05, 0.1) is 24.8 Å². The maximum Gasteiger partial charge on any atom is 0.262 e. The quantitative estimate of drug-likeness (QED) is 0.762. The van der Waals surface area contributed by atoms with E-state index >= 15 is 0 Å². The maximum absolute atomic E-state index is 12.6. The number of aryl methyl sites for hydroxylation is 1. The summed E-state index contributed by atoms with van der Waals surface area (Å²) in [5.74, 6) is 1.31. The van der Waals surface area contributed by atoms with Crippen LogP contribution in [0.1, 0.15) is 5.89 Å². The molecule has 1 N–H and O–H groups in total. The number of ether oxygens (including phenoxy) is 2. The Kier molecular flexibility index (Phi) is 4.06. The number of hydrogen-bond donors (Lipinski definition) is 1. The third kappa shape index (κ3) is 3.00. The van der Waals surface area contributed by atoms with Gasteiger partial charge < -0.3 is 13.9 Å². The van der Waals surface area contributed by atoms with Crippen LogP contribution in [0.15, 0.2) is 45.7 Å². The van der Waals surface area contributed by atoms with E-state index in [1.165, 1.54) is 32.4 Å². The van der Waals surface area contributed by atoms with Crippen molar-refractivity contribution < 1.29 is 22.3 Å². The summed E-state index contributed by atoms with van der Waals surface area (Å²) in [5, 5.41) is 0. The number of rotatable bonds is 5. The molecule has 126 valence electrons. The standard InChI is InChI=1S/C16H16N2O5S/c1-10-17-13-6-4-11(8-15(13)23-10)18-24(19,20)12-5-7-14(21-2)16(9-12)22-3/h4-9,18H,1-3H3. The van der Waals surface area contributed by atoms with Crippen LogP contribution in [0.2, 0.25) is 0 Å². The van der Waals surface area contributed by atoms with Crippen LogP contribution in [0.4, 0.5) is 5.69 Å². The van der Waals surface area contributed by atoms with Crippen molar-refractivity contribution in [3.63, 3.8) is 0 Å². The first-order valence-electron chi connectivity index (χ1n) is 7.05. The summed E-state index contributed by atoms with van der Waals surface area (Å²) in [6.45, 7) is 1.73. The van der Waals surface area contributed by atoms with Crippen LogP contribution in [-0.4, -0.2) is 27.6 Å². The highest BCUT2D eigenvalue weighted by Crippen LogP contribution is 2.30. The molecule has 0 saturated heterocycles. The molecule has 24 heavy (non-hydrogen) atoms. The molecule has 0 bridgehead atoms. The van der Waals surface area contributed by atoms with Gasteiger partial charge in [0, 0.05) is 19.1 Å². The first-order chi connectivity index (χ1) is 11.4. The van der Waals surface area contributed by atoms with Crippen LogP contribution in [0.3, 0.4) is 0 Å². The van der Waals surface area contributed by atoms with Gasteiger partial charge in [-0.1, -0.05) is 0 Å². The van der Waals surface area contributed by atoms with Crippen molar-refractivity contribution >= 4 is 26.8 Å². The molecular formula is C16H16N2O5S. The number of nitrogens with one attached hydrogen (secondary N) is 1. The molecule has 7 nitrogen and oxygen atoms in total. The van der Waals surface area contributed by atoms with Crippen molar-refractivity contribution in [2.45, 2.75) is 11.8 Å². The molecule has 2 aromatic carbocycles. The Labute approximate surface area is 139 Å². The topological polar surface area (TPSA) is 90.7 Å². The van der Waals surface area contributed by atoms with Crippen LogP contribution in [0, 0.1) is 6.92 Å². The second kappa shape index (κ2) is 6.04. The minimum Gasteiger partial charge on any atom is -0.493 e.